The van der Waals surface area contributed by atoms with Gasteiger partial charge in [-0.15, -0.1) is 0 Å². The lowest BCUT2D eigenvalue weighted by molar-refractivity contribution is 0.572. The molecule has 1 aromatic carbocycles. The van der Waals surface area contributed by atoms with Crippen LogP contribution in [0.3, 0.4) is 0 Å². The monoisotopic (exact) mass is 215 g/mol. The Labute approximate surface area is 95.9 Å². The highest BCUT2D eigenvalue weighted by molar-refractivity contribution is 5.75. The standard InChI is InChI=1S/C13H17N3/c1-2-3-8-16-10-11(9-15-16)12-6-4-5-7-13(12)14/h4-7,9-10H,2-3,8,14H2,1H3. The van der Waals surface area contributed by atoms with Crippen LogP contribution in [0.4, 0.5) is 5.69 Å². The van der Waals surface area contributed by atoms with Gasteiger partial charge in [0.05, 0.1) is 6.20 Å². The second-order valence-electron chi connectivity index (χ2n) is 3.93. The van der Waals surface area contributed by atoms with Crippen molar-refractivity contribution in [1.29, 1.82) is 0 Å². The number of nitrogen functional groups attached to an aromatic ring is 1. The van der Waals surface area contributed by atoms with E-state index in [0.717, 1.165) is 29.8 Å². The fourth-order valence-electron chi connectivity index (χ4n) is 1.70. The Morgan fingerprint density at radius 3 is 2.88 bits per heavy atom. The van der Waals surface area contributed by atoms with E-state index in [1.807, 2.05) is 35.1 Å². The zero-order valence-corrected chi connectivity index (χ0v) is 9.56. The molecule has 0 aliphatic carbocycles. The molecule has 1 aromatic heterocycles. The molecule has 0 aliphatic rings. The van der Waals surface area contributed by atoms with Crippen LogP contribution < -0.4 is 5.73 Å². The number of rotatable bonds is 4. The van der Waals surface area contributed by atoms with E-state index in [9.17, 15) is 0 Å². The van der Waals surface area contributed by atoms with Crippen LogP contribution in [0.25, 0.3) is 11.1 Å². The molecule has 2 rings (SSSR count). The average Bonchev–Trinajstić information content (AvgIpc) is 2.75. The molecule has 0 radical (unpaired) electrons. The van der Waals surface area contributed by atoms with E-state index >= 15 is 0 Å². The first-order valence-electron chi connectivity index (χ1n) is 5.68. The summed E-state index contributed by atoms with van der Waals surface area (Å²) in [4.78, 5) is 0. The summed E-state index contributed by atoms with van der Waals surface area (Å²) in [5, 5.41) is 4.33. The summed E-state index contributed by atoms with van der Waals surface area (Å²) >= 11 is 0. The van der Waals surface area contributed by atoms with E-state index in [1.165, 1.54) is 6.42 Å². The van der Waals surface area contributed by atoms with E-state index in [4.69, 9.17) is 5.73 Å². The number of nitrogens with two attached hydrogens (primary N) is 1. The fraction of sp³-hybridized carbons (Fsp3) is 0.308. The lowest BCUT2D eigenvalue weighted by Gasteiger charge is -2.01. The van der Waals surface area contributed by atoms with Gasteiger partial charge in [-0.05, 0) is 12.5 Å². The van der Waals surface area contributed by atoms with Crippen LogP contribution in [-0.4, -0.2) is 9.78 Å². The van der Waals surface area contributed by atoms with E-state index in [2.05, 4.69) is 18.2 Å². The van der Waals surface area contributed by atoms with Crippen molar-refractivity contribution in [1.82, 2.24) is 9.78 Å². The first kappa shape index (κ1) is 10.7. The number of hydrogen-bond acceptors (Lipinski definition) is 2. The van der Waals surface area contributed by atoms with E-state index in [-0.39, 0.29) is 0 Å². The predicted octanol–water partition coefficient (Wildman–Crippen LogP) is 2.93. The lowest BCUT2D eigenvalue weighted by atomic mass is 10.1. The summed E-state index contributed by atoms with van der Waals surface area (Å²) in [6, 6.07) is 7.88. The molecule has 0 amide bonds. The van der Waals surface area contributed by atoms with E-state index in [1.54, 1.807) is 0 Å². The number of para-hydroxylation sites is 1. The summed E-state index contributed by atoms with van der Waals surface area (Å²) in [7, 11) is 0. The number of hydrogen-bond donors (Lipinski definition) is 1. The molecule has 0 aliphatic heterocycles. The minimum absolute atomic E-state index is 0.803. The summed E-state index contributed by atoms with van der Waals surface area (Å²) in [5.74, 6) is 0. The maximum atomic E-state index is 5.92. The van der Waals surface area contributed by atoms with Gasteiger partial charge in [0.1, 0.15) is 0 Å². The molecular weight excluding hydrogens is 198 g/mol. The molecule has 2 aromatic rings. The predicted molar refractivity (Wildman–Crippen MR) is 67.0 cm³/mol. The molecule has 1 heterocycles. The van der Waals surface area contributed by atoms with Crippen LogP contribution >= 0.6 is 0 Å². The van der Waals surface area contributed by atoms with Gasteiger partial charge in [0, 0.05) is 29.6 Å². The van der Waals surface area contributed by atoms with Crippen molar-refractivity contribution in [2.24, 2.45) is 0 Å². The fourth-order valence-corrected chi connectivity index (χ4v) is 1.70. The molecule has 84 valence electrons. The average molecular weight is 215 g/mol. The van der Waals surface area contributed by atoms with Gasteiger partial charge in [-0.3, -0.25) is 4.68 Å². The first-order valence-corrected chi connectivity index (χ1v) is 5.68. The Hall–Kier alpha value is -1.77. The van der Waals surface area contributed by atoms with Crippen LogP contribution in [0.15, 0.2) is 36.7 Å². The Morgan fingerprint density at radius 1 is 1.31 bits per heavy atom. The second kappa shape index (κ2) is 4.84. The molecule has 0 unspecified atom stereocenters. The highest BCUT2D eigenvalue weighted by atomic mass is 15.3. The SMILES string of the molecule is CCCCn1cc(-c2ccccc2N)cn1. The van der Waals surface area contributed by atoms with Crippen molar-refractivity contribution in [2.45, 2.75) is 26.3 Å². The molecule has 3 heteroatoms. The smallest absolute Gasteiger partial charge is 0.0569 e. The maximum Gasteiger partial charge on any atom is 0.0569 e. The van der Waals surface area contributed by atoms with Gasteiger partial charge in [0.25, 0.3) is 0 Å². The normalized spacial score (nSPS) is 10.6. The number of benzene rings is 1. The number of aryl methyl sites for hydroxylation is 1. The van der Waals surface area contributed by atoms with Crippen LogP contribution in [-0.2, 0) is 6.54 Å². The molecule has 3 nitrogen and oxygen atoms in total. The van der Waals surface area contributed by atoms with Crippen LogP contribution in [0.5, 0.6) is 0 Å². The lowest BCUT2D eigenvalue weighted by Crippen LogP contribution is -1.96. The van der Waals surface area contributed by atoms with Crippen molar-refractivity contribution in [3.63, 3.8) is 0 Å². The third kappa shape index (κ3) is 2.24. The van der Waals surface area contributed by atoms with Crippen molar-refractivity contribution in [3.8, 4) is 11.1 Å². The molecular formula is C13H17N3. The molecule has 16 heavy (non-hydrogen) atoms. The third-order valence-electron chi connectivity index (χ3n) is 2.65. The molecule has 0 saturated carbocycles. The number of aromatic nitrogens is 2. The molecule has 0 atom stereocenters. The van der Waals surface area contributed by atoms with Crippen LogP contribution in [0.2, 0.25) is 0 Å². The minimum atomic E-state index is 0.803. The Morgan fingerprint density at radius 2 is 2.12 bits per heavy atom. The van der Waals surface area contributed by atoms with Gasteiger partial charge in [-0.25, -0.2) is 0 Å². The van der Waals surface area contributed by atoms with Crippen molar-refractivity contribution >= 4 is 5.69 Å². The molecule has 0 fully saturated rings. The number of nitrogens with zero attached hydrogens (tertiary/aromatic N) is 2. The second-order valence-corrected chi connectivity index (χ2v) is 3.93. The zero-order valence-electron chi connectivity index (χ0n) is 9.56. The largest absolute Gasteiger partial charge is 0.398 e. The molecule has 0 bridgehead atoms. The number of unbranched alkanes of at least 4 members (excludes halogenated alkanes) is 1. The zero-order chi connectivity index (χ0) is 11.4. The summed E-state index contributed by atoms with van der Waals surface area (Å²) in [6.45, 7) is 3.16. The first-order chi connectivity index (χ1) is 7.81. The van der Waals surface area contributed by atoms with Gasteiger partial charge in [-0.2, -0.15) is 5.10 Å². The van der Waals surface area contributed by atoms with Gasteiger partial charge in [0.2, 0.25) is 0 Å². The molecule has 0 spiro atoms. The maximum absolute atomic E-state index is 5.92. The summed E-state index contributed by atoms with van der Waals surface area (Å²) in [6.07, 6.45) is 6.27. The Bertz CT molecular complexity index is 460. The minimum Gasteiger partial charge on any atom is -0.398 e. The topological polar surface area (TPSA) is 43.8 Å². The quantitative estimate of drug-likeness (QED) is 0.797. The van der Waals surface area contributed by atoms with Gasteiger partial charge < -0.3 is 5.73 Å². The molecule has 2 N–H and O–H groups in total. The van der Waals surface area contributed by atoms with Crippen molar-refractivity contribution in [2.75, 3.05) is 5.73 Å². The van der Waals surface area contributed by atoms with Crippen molar-refractivity contribution < 1.29 is 0 Å². The highest BCUT2D eigenvalue weighted by Gasteiger charge is 2.04. The highest BCUT2D eigenvalue weighted by Crippen LogP contribution is 2.24. The van der Waals surface area contributed by atoms with Crippen molar-refractivity contribution in [3.05, 3.63) is 36.7 Å². The van der Waals surface area contributed by atoms with Gasteiger partial charge in [0.15, 0.2) is 0 Å². The summed E-state index contributed by atoms with van der Waals surface area (Å²) in [5.41, 5.74) is 8.88. The Balaban J connectivity index is 2.22. The van der Waals surface area contributed by atoms with E-state index in [0.29, 0.717) is 0 Å². The van der Waals surface area contributed by atoms with Crippen LogP contribution in [0, 0.1) is 0 Å². The molecule has 0 saturated heterocycles. The number of anilines is 1. The summed E-state index contributed by atoms with van der Waals surface area (Å²) < 4.78 is 1.98. The Kier molecular flexibility index (Phi) is 3.25. The third-order valence-corrected chi connectivity index (χ3v) is 2.65. The van der Waals surface area contributed by atoms with Crippen LogP contribution in [0.1, 0.15) is 19.8 Å². The van der Waals surface area contributed by atoms with Gasteiger partial charge >= 0.3 is 0 Å². The van der Waals surface area contributed by atoms with E-state index < -0.39 is 0 Å². The van der Waals surface area contributed by atoms with Gasteiger partial charge in [-0.1, -0.05) is 31.5 Å².